The number of fused-ring (bicyclic) bond motifs is 1. The molecule has 0 bridgehead atoms. The van der Waals surface area contributed by atoms with Crippen molar-refractivity contribution in [2.75, 3.05) is 13.2 Å². The van der Waals surface area contributed by atoms with Crippen molar-refractivity contribution in [2.45, 2.75) is 69.7 Å². The minimum atomic E-state index is 0.260. The minimum Gasteiger partial charge on any atom is -0.508 e. The fourth-order valence-electron chi connectivity index (χ4n) is 7.08. The molecular weight excluding hydrogens is 494 g/mol. The molecule has 1 saturated carbocycles. The van der Waals surface area contributed by atoms with Crippen molar-refractivity contribution in [2.24, 2.45) is 5.92 Å². The maximum Gasteiger partial charge on any atom is 0.119 e. The lowest BCUT2D eigenvalue weighted by atomic mass is 9.72. The normalized spacial score (nSPS) is 18.6. The van der Waals surface area contributed by atoms with Gasteiger partial charge in [-0.15, -0.1) is 0 Å². The average molecular weight is 536 g/mol. The number of benzene rings is 4. The monoisotopic (exact) mass is 535 g/mol. The van der Waals surface area contributed by atoms with Gasteiger partial charge in [-0.25, -0.2) is 0 Å². The summed E-state index contributed by atoms with van der Waals surface area (Å²) in [5, 5.41) is 25.8. The van der Waals surface area contributed by atoms with Crippen LogP contribution in [0.5, 0.6) is 17.2 Å². The minimum absolute atomic E-state index is 0.260. The Hall–Kier alpha value is -3.50. The second-order valence-corrected chi connectivity index (χ2v) is 12.0. The molecule has 2 aliphatic rings. The number of hydrogen-bond donors (Lipinski definition) is 3. The van der Waals surface area contributed by atoms with Gasteiger partial charge in [-0.3, -0.25) is 0 Å². The van der Waals surface area contributed by atoms with Gasteiger partial charge >= 0.3 is 0 Å². The molecule has 4 aromatic rings. The lowest BCUT2D eigenvalue weighted by molar-refractivity contribution is 0.134. The third-order valence-electron chi connectivity index (χ3n) is 9.17. The number of aromatic hydroxyl groups is 2. The van der Waals surface area contributed by atoms with E-state index in [1.165, 1.54) is 69.0 Å². The second kappa shape index (κ2) is 11.9. The van der Waals surface area contributed by atoms with E-state index < -0.39 is 0 Å². The summed E-state index contributed by atoms with van der Waals surface area (Å²) >= 11 is 0. The molecule has 3 N–H and O–H groups in total. The largest absolute Gasteiger partial charge is 0.508 e. The first-order valence-electron chi connectivity index (χ1n) is 15.1. The van der Waals surface area contributed by atoms with Gasteiger partial charge in [0.05, 0.1) is 6.61 Å². The van der Waals surface area contributed by atoms with Gasteiger partial charge in [0.15, 0.2) is 0 Å². The van der Waals surface area contributed by atoms with Crippen molar-refractivity contribution >= 4 is 10.8 Å². The number of piperidine rings is 1. The summed E-state index contributed by atoms with van der Waals surface area (Å²) in [5.74, 6) is 2.29. The summed E-state index contributed by atoms with van der Waals surface area (Å²) in [7, 11) is 0. The van der Waals surface area contributed by atoms with Crippen LogP contribution in [0.4, 0.5) is 0 Å². The Morgan fingerprint density at radius 3 is 2.40 bits per heavy atom. The zero-order valence-electron chi connectivity index (χ0n) is 23.4. The molecular formula is C36H41NO3. The highest BCUT2D eigenvalue weighted by atomic mass is 16.5. The molecule has 4 nitrogen and oxygen atoms in total. The van der Waals surface area contributed by atoms with Crippen LogP contribution in [-0.4, -0.2) is 28.9 Å². The van der Waals surface area contributed by atoms with E-state index in [0.29, 0.717) is 5.54 Å². The zero-order valence-corrected chi connectivity index (χ0v) is 23.4. The van der Waals surface area contributed by atoms with Gasteiger partial charge in [0.2, 0.25) is 0 Å². The number of rotatable bonds is 8. The van der Waals surface area contributed by atoms with E-state index in [4.69, 9.17) is 4.74 Å². The van der Waals surface area contributed by atoms with E-state index in [2.05, 4.69) is 41.7 Å². The highest BCUT2D eigenvalue weighted by molar-refractivity contribution is 5.93. The Morgan fingerprint density at radius 2 is 1.60 bits per heavy atom. The maximum atomic E-state index is 10.0. The van der Waals surface area contributed by atoms with Crippen molar-refractivity contribution in [3.63, 3.8) is 0 Å². The maximum absolute atomic E-state index is 10.0. The van der Waals surface area contributed by atoms with Gasteiger partial charge in [-0.2, -0.15) is 0 Å². The Bertz CT molecular complexity index is 1420. The van der Waals surface area contributed by atoms with Crippen molar-refractivity contribution in [1.82, 2.24) is 5.32 Å². The fourth-order valence-corrected chi connectivity index (χ4v) is 7.08. The predicted octanol–water partition coefficient (Wildman–Crippen LogP) is 8.37. The van der Waals surface area contributed by atoms with E-state index in [1.807, 2.05) is 24.3 Å². The van der Waals surface area contributed by atoms with E-state index in [1.54, 1.807) is 18.2 Å². The summed E-state index contributed by atoms with van der Waals surface area (Å²) in [6.07, 6.45) is 12.7. The van der Waals surface area contributed by atoms with E-state index in [0.717, 1.165) is 53.0 Å². The van der Waals surface area contributed by atoms with Gasteiger partial charge in [-0.05, 0) is 127 Å². The van der Waals surface area contributed by atoms with Crippen LogP contribution in [0, 0.1) is 5.92 Å². The first kappa shape index (κ1) is 26.7. The number of nitrogens with one attached hydrogen (secondary N) is 1. The summed E-state index contributed by atoms with van der Waals surface area (Å²) in [4.78, 5) is 0. The van der Waals surface area contributed by atoms with Gasteiger partial charge in [0.1, 0.15) is 17.2 Å². The number of phenolic OH excluding ortho intramolecular Hbond substituents is 2. The zero-order chi connectivity index (χ0) is 27.4. The molecule has 40 heavy (non-hydrogen) atoms. The molecule has 1 aliphatic carbocycles. The molecule has 0 amide bonds. The molecule has 1 aliphatic heterocycles. The van der Waals surface area contributed by atoms with Crippen molar-refractivity contribution in [3.05, 3.63) is 90.0 Å². The van der Waals surface area contributed by atoms with E-state index >= 15 is 0 Å². The Balaban J connectivity index is 1.10. The Labute approximate surface area is 238 Å². The van der Waals surface area contributed by atoms with Crippen molar-refractivity contribution < 1.29 is 14.9 Å². The number of ether oxygens (including phenoxy) is 1. The van der Waals surface area contributed by atoms with Crippen LogP contribution in [0.1, 0.15) is 68.9 Å². The lowest BCUT2D eigenvalue weighted by Gasteiger charge is -2.44. The van der Waals surface area contributed by atoms with Crippen LogP contribution in [0.25, 0.3) is 21.9 Å². The standard InChI is InChI=1S/C36H41NO3/c38-30-11-8-28(9-12-30)33-16-10-29-24-31(39)13-17-34(29)35(33)23-26-6-14-32(15-7-26)40-22-4-5-27-18-21-37-36(25-27)19-2-1-3-20-36/h6-17,24,27,37-39H,1-5,18-23,25H2. The third kappa shape index (κ3) is 6.13. The van der Waals surface area contributed by atoms with Gasteiger partial charge in [0.25, 0.3) is 0 Å². The first-order valence-corrected chi connectivity index (χ1v) is 15.1. The molecule has 0 aromatic heterocycles. The SMILES string of the molecule is Oc1ccc(-c2ccc3cc(O)ccc3c2Cc2ccc(OCCCC3CCNC4(CCCCC4)C3)cc2)cc1. The van der Waals surface area contributed by atoms with Crippen LogP contribution < -0.4 is 10.1 Å². The van der Waals surface area contributed by atoms with Crippen LogP contribution in [-0.2, 0) is 6.42 Å². The van der Waals surface area contributed by atoms with Gasteiger partial charge in [-0.1, -0.05) is 61.7 Å². The van der Waals surface area contributed by atoms with Crippen molar-refractivity contribution in [3.8, 4) is 28.4 Å². The van der Waals surface area contributed by atoms with Crippen LogP contribution in [0.3, 0.4) is 0 Å². The average Bonchev–Trinajstić information content (AvgIpc) is 2.97. The van der Waals surface area contributed by atoms with E-state index in [9.17, 15) is 10.2 Å². The molecule has 1 atom stereocenters. The first-order chi connectivity index (χ1) is 19.6. The van der Waals surface area contributed by atoms with Gasteiger partial charge in [0, 0.05) is 5.54 Å². The molecule has 0 radical (unpaired) electrons. The predicted molar refractivity (Wildman–Crippen MR) is 163 cm³/mol. The quantitative estimate of drug-likeness (QED) is 0.198. The summed E-state index contributed by atoms with van der Waals surface area (Å²) in [6.45, 7) is 1.95. The molecule has 208 valence electrons. The Kier molecular flexibility index (Phi) is 7.97. The summed E-state index contributed by atoms with van der Waals surface area (Å²) in [6, 6.07) is 25.6. The lowest BCUT2D eigenvalue weighted by Crippen LogP contribution is -2.52. The molecule has 1 saturated heterocycles. The highest BCUT2D eigenvalue weighted by Gasteiger charge is 2.36. The third-order valence-corrected chi connectivity index (χ3v) is 9.17. The molecule has 4 aromatic carbocycles. The molecule has 4 heteroatoms. The van der Waals surface area contributed by atoms with Crippen LogP contribution >= 0.6 is 0 Å². The number of hydrogen-bond acceptors (Lipinski definition) is 4. The molecule has 1 spiro atoms. The van der Waals surface area contributed by atoms with Crippen LogP contribution in [0.15, 0.2) is 78.9 Å². The molecule has 1 unspecified atom stereocenters. The Morgan fingerprint density at radius 1 is 0.825 bits per heavy atom. The van der Waals surface area contributed by atoms with Crippen molar-refractivity contribution in [1.29, 1.82) is 0 Å². The van der Waals surface area contributed by atoms with Crippen LogP contribution in [0.2, 0.25) is 0 Å². The smallest absolute Gasteiger partial charge is 0.119 e. The summed E-state index contributed by atoms with van der Waals surface area (Å²) in [5.41, 5.74) is 5.04. The van der Waals surface area contributed by atoms with E-state index in [-0.39, 0.29) is 11.5 Å². The fraction of sp³-hybridized carbons (Fsp3) is 0.389. The number of phenols is 2. The molecule has 6 rings (SSSR count). The highest BCUT2D eigenvalue weighted by Crippen LogP contribution is 2.38. The second-order valence-electron chi connectivity index (χ2n) is 12.0. The van der Waals surface area contributed by atoms with Gasteiger partial charge < -0.3 is 20.3 Å². The molecule has 2 fully saturated rings. The molecule has 1 heterocycles. The summed E-state index contributed by atoms with van der Waals surface area (Å²) < 4.78 is 6.16. The topological polar surface area (TPSA) is 61.7 Å².